The van der Waals surface area contributed by atoms with Gasteiger partial charge < -0.3 is 4.98 Å². The average Bonchev–Trinajstić information content (AvgIpc) is 2.75. The molecular weight excluding hydrogens is 204 g/mol. The molecule has 2 nitrogen and oxygen atoms in total. The van der Waals surface area contributed by atoms with Gasteiger partial charge in [0.2, 0.25) is 0 Å². The standard InChI is InChI=1S/C12H18N2S/c1-3-10-8(2)12(15)14-11(13-10)9-6-4-5-7-9/h9H,3-7H2,1-2H3,(H,13,14,15). The molecule has 0 amide bonds. The smallest absolute Gasteiger partial charge is 0.132 e. The summed E-state index contributed by atoms with van der Waals surface area (Å²) in [7, 11) is 0. The molecule has 1 aliphatic carbocycles. The maximum Gasteiger partial charge on any atom is 0.132 e. The topological polar surface area (TPSA) is 28.7 Å². The Labute approximate surface area is 96.1 Å². The minimum Gasteiger partial charge on any atom is -0.347 e. The van der Waals surface area contributed by atoms with Crippen LogP contribution in [0, 0.1) is 11.6 Å². The second-order valence-electron chi connectivity index (χ2n) is 4.37. The maximum atomic E-state index is 5.30. The van der Waals surface area contributed by atoms with E-state index in [1.807, 2.05) is 0 Å². The van der Waals surface area contributed by atoms with Crippen molar-refractivity contribution >= 4 is 12.2 Å². The first-order valence-electron chi connectivity index (χ1n) is 5.82. The molecule has 1 aliphatic rings. The third-order valence-corrected chi connectivity index (χ3v) is 3.77. The lowest BCUT2D eigenvalue weighted by molar-refractivity contribution is 0.657. The number of hydrogen-bond acceptors (Lipinski definition) is 2. The second kappa shape index (κ2) is 4.44. The van der Waals surface area contributed by atoms with Gasteiger partial charge in [0.15, 0.2) is 0 Å². The van der Waals surface area contributed by atoms with E-state index in [1.165, 1.54) is 31.4 Å². The number of aryl methyl sites for hydroxylation is 1. The molecule has 0 radical (unpaired) electrons. The fraction of sp³-hybridized carbons (Fsp3) is 0.667. The molecule has 0 aliphatic heterocycles. The number of aromatic nitrogens is 2. The van der Waals surface area contributed by atoms with Gasteiger partial charge in [0.1, 0.15) is 10.5 Å². The minimum absolute atomic E-state index is 0.623. The molecule has 2 rings (SSSR count). The molecule has 1 aromatic rings. The molecule has 0 saturated heterocycles. The van der Waals surface area contributed by atoms with Crippen LogP contribution in [0.4, 0.5) is 0 Å². The molecule has 0 atom stereocenters. The lowest BCUT2D eigenvalue weighted by Gasteiger charge is -2.12. The Morgan fingerprint density at radius 1 is 1.40 bits per heavy atom. The number of rotatable bonds is 2. The van der Waals surface area contributed by atoms with Crippen molar-refractivity contribution in [3.8, 4) is 0 Å². The SMILES string of the molecule is CCc1[nH]c(C2CCCC2)nc(=S)c1C. The number of H-pyrrole nitrogens is 1. The van der Waals surface area contributed by atoms with E-state index in [-0.39, 0.29) is 0 Å². The van der Waals surface area contributed by atoms with Crippen molar-refractivity contribution in [2.45, 2.75) is 51.9 Å². The van der Waals surface area contributed by atoms with Gasteiger partial charge in [-0.1, -0.05) is 32.0 Å². The maximum absolute atomic E-state index is 5.30. The van der Waals surface area contributed by atoms with E-state index in [1.54, 1.807) is 0 Å². The van der Waals surface area contributed by atoms with Crippen molar-refractivity contribution in [1.82, 2.24) is 9.97 Å². The van der Waals surface area contributed by atoms with Crippen molar-refractivity contribution in [2.24, 2.45) is 0 Å². The van der Waals surface area contributed by atoms with Gasteiger partial charge in [-0.3, -0.25) is 0 Å². The van der Waals surface area contributed by atoms with Crippen LogP contribution in [0.3, 0.4) is 0 Å². The van der Waals surface area contributed by atoms with Crippen LogP contribution in [0.15, 0.2) is 0 Å². The summed E-state index contributed by atoms with van der Waals surface area (Å²) in [5, 5.41) is 0. The van der Waals surface area contributed by atoms with E-state index < -0.39 is 0 Å². The Hall–Kier alpha value is -0.700. The highest BCUT2D eigenvalue weighted by Crippen LogP contribution is 2.32. The van der Waals surface area contributed by atoms with Crippen LogP contribution in [0.2, 0.25) is 0 Å². The van der Waals surface area contributed by atoms with Crippen LogP contribution >= 0.6 is 12.2 Å². The minimum atomic E-state index is 0.623. The van der Waals surface area contributed by atoms with Crippen molar-refractivity contribution in [3.05, 3.63) is 21.7 Å². The zero-order valence-corrected chi connectivity index (χ0v) is 10.3. The summed E-state index contributed by atoms with van der Waals surface area (Å²) < 4.78 is 0.785. The average molecular weight is 222 g/mol. The highest BCUT2D eigenvalue weighted by molar-refractivity contribution is 7.71. The van der Waals surface area contributed by atoms with Gasteiger partial charge >= 0.3 is 0 Å². The van der Waals surface area contributed by atoms with Gasteiger partial charge in [0.05, 0.1) is 0 Å². The Morgan fingerprint density at radius 2 is 2.07 bits per heavy atom. The number of aromatic amines is 1. The first-order chi connectivity index (χ1) is 7.22. The molecular formula is C12H18N2S. The van der Waals surface area contributed by atoms with Crippen LogP contribution in [0.25, 0.3) is 0 Å². The van der Waals surface area contributed by atoms with Crippen LogP contribution in [-0.4, -0.2) is 9.97 Å². The van der Waals surface area contributed by atoms with Gasteiger partial charge in [-0.2, -0.15) is 0 Å². The van der Waals surface area contributed by atoms with E-state index in [0.29, 0.717) is 5.92 Å². The predicted molar refractivity (Wildman–Crippen MR) is 64.7 cm³/mol. The molecule has 1 heterocycles. The lowest BCUT2D eigenvalue weighted by Crippen LogP contribution is -2.05. The molecule has 0 bridgehead atoms. The van der Waals surface area contributed by atoms with E-state index in [4.69, 9.17) is 12.2 Å². The molecule has 1 saturated carbocycles. The van der Waals surface area contributed by atoms with Gasteiger partial charge in [-0.05, 0) is 26.2 Å². The monoisotopic (exact) mass is 222 g/mol. The van der Waals surface area contributed by atoms with Crippen LogP contribution in [-0.2, 0) is 6.42 Å². The number of nitrogens with one attached hydrogen (secondary N) is 1. The molecule has 0 unspecified atom stereocenters. The summed E-state index contributed by atoms with van der Waals surface area (Å²) in [6.07, 6.45) is 6.22. The van der Waals surface area contributed by atoms with Crippen molar-refractivity contribution < 1.29 is 0 Å². The van der Waals surface area contributed by atoms with Crippen LogP contribution < -0.4 is 0 Å². The lowest BCUT2D eigenvalue weighted by atomic mass is 10.1. The molecule has 3 heteroatoms. The molecule has 1 aromatic heterocycles. The van der Waals surface area contributed by atoms with Gasteiger partial charge in [0, 0.05) is 17.2 Å². The van der Waals surface area contributed by atoms with E-state index in [0.717, 1.165) is 22.4 Å². The number of hydrogen-bond donors (Lipinski definition) is 1. The second-order valence-corrected chi connectivity index (χ2v) is 4.75. The highest BCUT2D eigenvalue weighted by atomic mass is 32.1. The Bertz CT molecular complexity index is 403. The molecule has 82 valence electrons. The van der Waals surface area contributed by atoms with E-state index >= 15 is 0 Å². The van der Waals surface area contributed by atoms with Gasteiger partial charge in [0.25, 0.3) is 0 Å². The van der Waals surface area contributed by atoms with Crippen molar-refractivity contribution in [1.29, 1.82) is 0 Å². The first-order valence-corrected chi connectivity index (χ1v) is 6.23. The summed E-state index contributed by atoms with van der Waals surface area (Å²) in [4.78, 5) is 7.99. The van der Waals surface area contributed by atoms with Crippen LogP contribution in [0.1, 0.15) is 55.6 Å². The Kier molecular flexibility index (Phi) is 3.19. The van der Waals surface area contributed by atoms with Gasteiger partial charge in [-0.25, -0.2) is 4.98 Å². The summed E-state index contributed by atoms with van der Waals surface area (Å²) in [6, 6.07) is 0. The van der Waals surface area contributed by atoms with E-state index in [2.05, 4.69) is 23.8 Å². The van der Waals surface area contributed by atoms with Gasteiger partial charge in [-0.15, -0.1) is 0 Å². The number of nitrogens with zero attached hydrogens (tertiary/aromatic N) is 1. The Morgan fingerprint density at radius 3 is 2.67 bits per heavy atom. The third kappa shape index (κ3) is 2.12. The molecule has 1 fully saturated rings. The molecule has 15 heavy (non-hydrogen) atoms. The normalized spacial score (nSPS) is 17.2. The predicted octanol–water partition coefficient (Wildman–Crippen LogP) is 3.67. The summed E-state index contributed by atoms with van der Waals surface area (Å²) in [5.74, 6) is 1.75. The van der Waals surface area contributed by atoms with Crippen LogP contribution in [0.5, 0.6) is 0 Å². The zero-order chi connectivity index (χ0) is 10.8. The molecule has 0 spiro atoms. The van der Waals surface area contributed by atoms with Crippen molar-refractivity contribution in [2.75, 3.05) is 0 Å². The first kappa shape index (κ1) is 10.8. The molecule has 0 aromatic carbocycles. The summed E-state index contributed by atoms with van der Waals surface area (Å²) >= 11 is 5.30. The Balaban J connectivity index is 2.40. The summed E-state index contributed by atoms with van der Waals surface area (Å²) in [6.45, 7) is 4.22. The van der Waals surface area contributed by atoms with E-state index in [9.17, 15) is 0 Å². The quantitative estimate of drug-likeness (QED) is 0.773. The van der Waals surface area contributed by atoms with Crippen molar-refractivity contribution in [3.63, 3.8) is 0 Å². The largest absolute Gasteiger partial charge is 0.347 e. The zero-order valence-electron chi connectivity index (χ0n) is 9.47. The molecule has 1 N–H and O–H groups in total. The summed E-state index contributed by atoms with van der Waals surface area (Å²) in [5.41, 5.74) is 2.41. The fourth-order valence-electron chi connectivity index (χ4n) is 2.34. The third-order valence-electron chi connectivity index (χ3n) is 3.37. The fourth-order valence-corrected chi connectivity index (χ4v) is 2.57. The highest BCUT2D eigenvalue weighted by Gasteiger charge is 2.19.